The highest BCUT2D eigenvalue weighted by atomic mass is 19.1. The Morgan fingerprint density at radius 3 is 2.87 bits per heavy atom. The van der Waals surface area contributed by atoms with Crippen LogP contribution in [0.5, 0.6) is 0 Å². The van der Waals surface area contributed by atoms with Crippen LogP contribution in [-0.4, -0.2) is 15.3 Å². The van der Waals surface area contributed by atoms with E-state index in [1.807, 2.05) is 28.8 Å². The van der Waals surface area contributed by atoms with Gasteiger partial charge in [0.15, 0.2) is 5.82 Å². The number of pyridine rings is 1. The van der Waals surface area contributed by atoms with E-state index >= 15 is 0 Å². The van der Waals surface area contributed by atoms with Gasteiger partial charge in [-0.2, -0.15) is 0 Å². The van der Waals surface area contributed by atoms with Crippen LogP contribution in [0.2, 0.25) is 0 Å². The van der Waals surface area contributed by atoms with Crippen LogP contribution in [0.1, 0.15) is 18.4 Å². The molecule has 4 rings (SSSR count). The minimum absolute atomic E-state index is 0.0367. The van der Waals surface area contributed by atoms with Crippen molar-refractivity contribution in [2.24, 2.45) is 5.92 Å². The van der Waals surface area contributed by atoms with E-state index in [2.05, 4.69) is 10.3 Å². The zero-order valence-corrected chi connectivity index (χ0v) is 12.7. The Kier molecular flexibility index (Phi) is 3.15. The maximum atomic E-state index is 13.7. The number of halogens is 1. The Hall–Kier alpha value is -2.69. The second-order valence-corrected chi connectivity index (χ2v) is 5.99. The Morgan fingerprint density at radius 2 is 2.09 bits per heavy atom. The van der Waals surface area contributed by atoms with Gasteiger partial charge < -0.3 is 9.72 Å². The molecule has 1 amide bonds. The van der Waals surface area contributed by atoms with E-state index in [-0.39, 0.29) is 17.6 Å². The van der Waals surface area contributed by atoms with E-state index in [0.717, 1.165) is 29.6 Å². The number of nitrogens with zero attached hydrogens (tertiary/aromatic N) is 2. The molecule has 1 fully saturated rings. The van der Waals surface area contributed by atoms with Gasteiger partial charge in [-0.05, 0) is 54.7 Å². The van der Waals surface area contributed by atoms with Gasteiger partial charge in [0, 0.05) is 12.1 Å². The third kappa shape index (κ3) is 2.59. The van der Waals surface area contributed by atoms with Crippen molar-refractivity contribution in [2.45, 2.75) is 19.8 Å². The van der Waals surface area contributed by atoms with Crippen LogP contribution in [0, 0.1) is 18.7 Å². The molecule has 0 aliphatic heterocycles. The number of imidazole rings is 1. The lowest BCUT2D eigenvalue weighted by atomic mass is 10.0. The quantitative estimate of drug-likeness (QED) is 0.800. The molecule has 2 aromatic heterocycles. The number of anilines is 1. The van der Waals surface area contributed by atoms with Gasteiger partial charge in [0.2, 0.25) is 5.91 Å². The number of amides is 1. The molecule has 116 valence electrons. The fourth-order valence-electron chi connectivity index (χ4n) is 2.71. The van der Waals surface area contributed by atoms with Crippen molar-refractivity contribution < 1.29 is 9.18 Å². The van der Waals surface area contributed by atoms with Gasteiger partial charge in [0.1, 0.15) is 11.5 Å². The van der Waals surface area contributed by atoms with Crippen molar-refractivity contribution in [3.63, 3.8) is 0 Å². The molecule has 0 saturated heterocycles. The highest BCUT2D eigenvalue weighted by molar-refractivity contribution is 5.93. The van der Waals surface area contributed by atoms with E-state index in [1.165, 1.54) is 6.07 Å². The number of rotatable bonds is 3. The summed E-state index contributed by atoms with van der Waals surface area (Å²) >= 11 is 0. The van der Waals surface area contributed by atoms with Crippen LogP contribution in [0.3, 0.4) is 0 Å². The average Bonchev–Trinajstić information content (AvgIpc) is 3.31. The Labute approximate surface area is 133 Å². The fraction of sp³-hybridized carbons (Fsp3) is 0.222. The van der Waals surface area contributed by atoms with Crippen LogP contribution in [0.25, 0.3) is 16.8 Å². The second-order valence-electron chi connectivity index (χ2n) is 5.99. The summed E-state index contributed by atoms with van der Waals surface area (Å²) in [6.07, 6.45) is 5.61. The zero-order valence-electron chi connectivity index (χ0n) is 12.7. The maximum Gasteiger partial charge on any atom is 0.228 e. The van der Waals surface area contributed by atoms with Gasteiger partial charge in [0.25, 0.3) is 0 Å². The number of fused-ring (bicyclic) bond motifs is 1. The molecule has 0 atom stereocenters. The van der Waals surface area contributed by atoms with E-state index in [9.17, 15) is 9.18 Å². The summed E-state index contributed by atoms with van der Waals surface area (Å²) in [7, 11) is 0. The lowest BCUT2D eigenvalue weighted by molar-refractivity contribution is -0.117. The topological polar surface area (TPSA) is 46.4 Å². The Morgan fingerprint density at radius 1 is 1.26 bits per heavy atom. The van der Waals surface area contributed by atoms with E-state index < -0.39 is 0 Å². The first-order chi connectivity index (χ1) is 11.1. The normalized spacial score (nSPS) is 14.2. The van der Waals surface area contributed by atoms with Crippen LogP contribution < -0.4 is 5.32 Å². The molecule has 0 bridgehead atoms. The van der Waals surface area contributed by atoms with Gasteiger partial charge in [-0.15, -0.1) is 0 Å². The molecule has 3 aromatic rings. The van der Waals surface area contributed by atoms with Crippen molar-refractivity contribution in [1.29, 1.82) is 0 Å². The monoisotopic (exact) mass is 309 g/mol. The second kappa shape index (κ2) is 5.19. The van der Waals surface area contributed by atoms with Crippen molar-refractivity contribution in [1.82, 2.24) is 9.38 Å². The molecule has 5 heteroatoms. The van der Waals surface area contributed by atoms with Crippen LogP contribution in [0.15, 0.2) is 42.7 Å². The molecule has 1 aromatic carbocycles. The first-order valence-corrected chi connectivity index (χ1v) is 7.67. The van der Waals surface area contributed by atoms with E-state index in [0.29, 0.717) is 11.4 Å². The Bertz CT molecular complexity index is 912. The van der Waals surface area contributed by atoms with Crippen LogP contribution >= 0.6 is 0 Å². The number of hydrogen-bond acceptors (Lipinski definition) is 2. The molecule has 1 aliphatic rings. The maximum absolute atomic E-state index is 13.7. The molecule has 23 heavy (non-hydrogen) atoms. The van der Waals surface area contributed by atoms with Gasteiger partial charge in [0.05, 0.1) is 6.20 Å². The van der Waals surface area contributed by atoms with Gasteiger partial charge >= 0.3 is 0 Å². The summed E-state index contributed by atoms with van der Waals surface area (Å²) in [4.78, 5) is 16.2. The number of benzene rings is 1. The number of nitrogens with one attached hydrogen (secondary N) is 1. The van der Waals surface area contributed by atoms with Crippen molar-refractivity contribution in [3.8, 4) is 11.1 Å². The molecule has 1 saturated carbocycles. The van der Waals surface area contributed by atoms with E-state index in [1.54, 1.807) is 19.2 Å². The fourth-order valence-corrected chi connectivity index (χ4v) is 2.71. The van der Waals surface area contributed by atoms with Gasteiger partial charge in [-0.25, -0.2) is 9.37 Å². The number of hydrogen-bond donors (Lipinski definition) is 1. The number of aromatic nitrogens is 2. The number of carbonyl (C=O) groups is 1. The van der Waals surface area contributed by atoms with Gasteiger partial charge in [-0.1, -0.05) is 12.1 Å². The molecule has 0 unspecified atom stereocenters. The summed E-state index contributed by atoms with van der Waals surface area (Å²) in [6.45, 7) is 1.77. The van der Waals surface area contributed by atoms with E-state index in [4.69, 9.17) is 0 Å². The first kappa shape index (κ1) is 13.9. The van der Waals surface area contributed by atoms with Crippen molar-refractivity contribution >= 4 is 17.4 Å². The summed E-state index contributed by atoms with van der Waals surface area (Å²) in [5.41, 5.74) is 3.12. The summed E-state index contributed by atoms with van der Waals surface area (Å²) in [6, 6.07) is 8.84. The van der Waals surface area contributed by atoms with Crippen molar-refractivity contribution in [3.05, 3.63) is 54.1 Å². The van der Waals surface area contributed by atoms with Gasteiger partial charge in [-0.3, -0.25) is 4.79 Å². The smallest absolute Gasteiger partial charge is 0.228 e. The molecule has 1 N–H and O–H groups in total. The summed E-state index contributed by atoms with van der Waals surface area (Å²) in [5, 5.41) is 2.84. The predicted molar refractivity (Wildman–Crippen MR) is 86.7 cm³/mol. The molecular formula is C18H16FN3O. The molecule has 1 aliphatic carbocycles. The lowest BCUT2D eigenvalue weighted by Crippen LogP contribution is -2.13. The third-order valence-corrected chi connectivity index (χ3v) is 4.23. The zero-order chi connectivity index (χ0) is 16.0. The van der Waals surface area contributed by atoms with Crippen LogP contribution in [0.4, 0.5) is 10.2 Å². The Balaban J connectivity index is 1.70. The molecular weight excluding hydrogens is 293 g/mol. The highest BCUT2D eigenvalue weighted by Crippen LogP contribution is 2.30. The number of carbonyl (C=O) groups excluding carboxylic acids is 1. The lowest BCUT2D eigenvalue weighted by Gasteiger charge is -2.07. The molecule has 2 heterocycles. The SMILES string of the molecule is Cc1c(F)cccc1-c1ccc2nc(NC(=O)C3CC3)cn2c1. The van der Waals surface area contributed by atoms with Crippen molar-refractivity contribution in [2.75, 3.05) is 5.32 Å². The largest absolute Gasteiger partial charge is 0.309 e. The molecule has 4 nitrogen and oxygen atoms in total. The van der Waals surface area contributed by atoms with Crippen LogP contribution in [-0.2, 0) is 4.79 Å². The highest BCUT2D eigenvalue weighted by Gasteiger charge is 2.29. The summed E-state index contributed by atoms with van der Waals surface area (Å²) in [5.74, 6) is 0.514. The molecule has 0 spiro atoms. The summed E-state index contributed by atoms with van der Waals surface area (Å²) < 4.78 is 15.6. The average molecular weight is 309 g/mol. The minimum Gasteiger partial charge on any atom is -0.309 e. The first-order valence-electron chi connectivity index (χ1n) is 7.67. The molecule has 0 radical (unpaired) electrons. The predicted octanol–water partition coefficient (Wildman–Crippen LogP) is 3.80. The third-order valence-electron chi connectivity index (χ3n) is 4.23. The minimum atomic E-state index is -0.217. The standard InChI is InChI=1S/C18H16FN3O/c1-11-14(3-2-4-15(11)19)13-7-8-17-20-16(10-22(17)9-13)21-18(23)12-5-6-12/h2-4,7-10,12H,5-6H2,1H3,(H,21,23).